The van der Waals surface area contributed by atoms with Gasteiger partial charge in [-0.2, -0.15) is 0 Å². The van der Waals surface area contributed by atoms with Gasteiger partial charge in [0.05, 0.1) is 36.0 Å². The third kappa shape index (κ3) is 3.09. The summed E-state index contributed by atoms with van der Waals surface area (Å²) in [5, 5.41) is 10.9. The van der Waals surface area contributed by atoms with Gasteiger partial charge in [0.2, 0.25) is 0 Å². The predicted molar refractivity (Wildman–Crippen MR) is 125 cm³/mol. The van der Waals surface area contributed by atoms with Gasteiger partial charge in [0, 0.05) is 20.6 Å². The van der Waals surface area contributed by atoms with E-state index in [-0.39, 0.29) is 11.3 Å². The van der Waals surface area contributed by atoms with Gasteiger partial charge < -0.3 is 19.1 Å². The minimum absolute atomic E-state index is 0.00449. The van der Waals surface area contributed by atoms with E-state index in [1.807, 2.05) is 37.3 Å². The number of aryl methyl sites for hydroxylation is 2. The van der Waals surface area contributed by atoms with Crippen LogP contribution in [-0.2, 0) is 25.4 Å². The summed E-state index contributed by atoms with van der Waals surface area (Å²) in [6.45, 7) is 2.96. The number of ether oxygens (including phenoxy) is 2. The maximum atomic E-state index is 13.4. The molecule has 1 unspecified atom stereocenters. The van der Waals surface area contributed by atoms with Crippen molar-refractivity contribution in [2.24, 2.45) is 14.1 Å². The molecule has 0 fully saturated rings. The van der Waals surface area contributed by atoms with E-state index in [9.17, 15) is 14.7 Å². The van der Waals surface area contributed by atoms with Crippen molar-refractivity contribution in [3.63, 3.8) is 0 Å². The summed E-state index contributed by atoms with van der Waals surface area (Å²) in [5.41, 5.74) is 3.99. The molecule has 0 saturated heterocycles. The molecule has 0 bridgehead atoms. The molecule has 0 amide bonds. The minimum Gasteiger partial charge on any atom is -0.504 e. The van der Waals surface area contributed by atoms with Gasteiger partial charge in [-0.3, -0.25) is 13.9 Å². The maximum Gasteiger partial charge on any atom is 0.331 e. The van der Waals surface area contributed by atoms with Gasteiger partial charge in [0.15, 0.2) is 11.5 Å². The van der Waals surface area contributed by atoms with Crippen molar-refractivity contribution in [1.82, 2.24) is 13.7 Å². The minimum atomic E-state index is -0.574. The fraction of sp³-hybridized carbons (Fsp3) is 0.280. The third-order valence-electron chi connectivity index (χ3n) is 6.38. The highest BCUT2D eigenvalue weighted by Crippen LogP contribution is 2.42. The number of aromatic nitrogens is 3. The van der Waals surface area contributed by atoms with Gasteiger partial charge in [-0.1, -0.05) is 35.9 Å². The third-order valence-corrected chi connectivity index (χ3v) is 6.38. The van der Waals surface area contributed by atoms with Gasteiger partial charge in [-0.15, -0.1) is 0 Å². The number of methoxy groups -OCH3 is 1. The van der Waals surface area contributed by atoms with Crippen molar-refractivity contribution in [2.45, 2.75) is 19.6 Å². The molecule has 170 valence electrons. The lowest BCUT2D eigenvalue weighted by Gasteiger charge is -2.28. The van der Waals surface area contributed by atoms with Crippen molar-refractivity contribution in [3.05, 3.63) is 80.1 Å². The summed E-state index contributed by atoms with van der Waals surface area (Å²) in [7, 11) is 4.65. The molecule has 1 aliphatic heterocycles. The Kier molecular flexibility index (Phi) is 4.90. The molecule has 2 aromatic heterocycles. The number of rotatable bonds is 3. The molecule has 8 heteroatoms. The lowest BCUT2D eigenvalue weighted by Crippen LogP contribution is -2.37. The van der Waals surface area contributed by atoms with Crippen LogP contribution in [0.2, 0.25) is 0 Å². The van der Waals surface area contributed by atoms with Gasteiger partial charge in [-0.05, 0) is 30.2 Å². The van der Waals surface area contributed by atoms with Crippen LogP contribution >= 0.6 is 0 Å². The Morgan fingerprint density at radius 3 is 2.45 bits per heavy atom. The molecule has 1 aliphatic rings. The van der Waals surface area contributed by atoms with Crippen molar-refractivity contribution < 1.29 is 14.6 Å². The number of phenolic OH excluding ortho intramolecular Hbond substituents is 1. The summed E-state index contributed by atoms with van der Waals surface area (Å²) in [6.07, 6.45) is -0.574. The molecule has 5 rings (SSSR count). The molecule has 4 aromatic rings. The second-order valence-electron chi connectivity index (χ2n) is 8.36. The molecule has 2 aromatic carbocycles. The first-order valence-electron chi connectivity index (χ1n) is 10.7. The molecular weight excluding hydrogens is 422 g/mol. The van der Waals surface area contributed by atoms with E-state index in [1.165, 1.54) is 18.7 Å². The molecule has 1 N–H and O–H groups in total. The summed E-state index contributed by atoms with van der Waals surface area (Å²) in [5.74, 6) is 0.353. The Morgan fingerprint density at radius 1 is 1.06 bits per heavy atom. The summed E-state index contributed by atoms with van der Waals surface area (Å²) in [6, 6.07) is 13.1. The molecule has 8 nitrogen and oxygen atoms in total. The fourth-order valence-electron chi connectivity index (χ4n) is 4.72. The highest BCUT2D eigenvalue weighted by molar-refractivity contribution is 5.96. The van der Waals surface area contributed by atoms with Crippen LogP contribution < -0.4 is 16.0 Å². The van der Waals surface area contributed by atoms with Crippen molar-refractivity contribution in [1.29, 1.82) is 0 Å². The van der Waals surface area contributed by atoms with Crippen LogP contribution in [0.4, 0.5) is 0 Å². The van der Waals surface area contributed by atoms with E-state index in [2.05, 4.69) is 4.57 Å². The van der Waals surface area contributed by atoms with Crippen LogP contribution in [0, 0.1) is 6.92 Å². The average molecular weight is 447 g/mol. The van der Waals surface area contributed by atoms with Crippen LogP contribution in [0.25, 0.3) is 22.2 Å². The van der Waals surface area contributed by atoms with Crippen LogP contribution in [0.15, 0.2) is 52.1 Å². The molecular formula is C25H25N3O5. The van der Waals surface area contributed by atoms with Gasteiger partial charge in [0.1, 0.15) is 6.10 Å². The summed E-state index contributed by atoms with van der Waals surface area (Å²) < 4.78 is 16.1. The SMILES string of the molecule is COc1ccc(C2OCCn3c(-c4ccc(C)cc4)c4c(=O)n(C)c(=O)n(C)c4c32)cc1O. The number of aromatic hydroxyl groups is 1. The first-order valence-corrected chi connectivity index (χ1v) is 10.7. The topological polar surface area (TPSA) is 87.6 Å². The summed E-state index contributed by atoms with van der Waals surface area (Å²) in [4.78, 5) is 26.3. The normalized spacial score (nSPS) is 15.6. The van der Waals surface area contributed by atoms with Crippen LogP contribution in [0.5, 0.6) is 11.5 Å². The first-order chi connectivity index (χ1) is 15.8. The fourth-order valence-corrected chi connectivity index (χ4v) is 4.72. The van der Waals surface area contributed by atoms with E-state index >= 15 is 0 Å². The number of hydrogen-bond donors (Lipinski definition) is 1. The Bertz CT molecular complexity index is 1510. The molecule has 0 aliphatic carbocycles. The Hall–Kier alpha value is -3.78. The van der Waals surface area contributed by atoms with E-state index in [0.717, 1.165) is 21.4 Å². The van der Waals surface area contributed by atoms with Crippen LogP contribution in [-0.4, -0.2) is 32.5 Å². The number of benzene rings is 2. The van der Waals surface area contributed by atoms with Crippen molar-refractivity contribution in [3.8, 4) is 22.8 Å². The lowest BCUT2D eigenvalue weighted by atomic mass is 10.0. The van der Waals surface area contributed by atoms with Crippen LogP contribution in [0.1, 0.15) is 22.9 Å². The second kappa shape index (κ2) is 7.67. The van der Waals surface area contributed by atoms with Gasteiger partial charge in [-0.25, -0.2) is 4.79 Å². The first kappa shape index (κ1) is 21.1. The van der Waals surface area contributed by atoms with Crippen molar-refractivity contribution in [2.75, 3.05) is 13.7 Å². The zero-order valence-electron chi connectivity index (χ0n) is 19.0. The number of fused-ring (bicyclic) bond motifs is 3. The number of hydrogen-bond acceptors (Lipinski definition) is 5. The van der Waals surface area contributed by atoms with E-state index in [0.29, 0.717) is 41.1 Å². The molecule has 0 radical (unpaired) electrons. The molecule has 3 heterocycles. The van der Waals surface area contributed by atoms with E-state index < -0.39 is 11.8 Å². The number of phenols is 1. The van der Waals surface area contributed by atoms with E-state index in [1.54, 1.807) is 19.2 Å². The highest BCUT2D eigenvalue weighted by atomic mass is 16.5. The smallest absolute Gasteiger partial charge is 0.331 e. The predicted octanol–water partition coefficient (Wildman–Crippen LogP) is 2.85. The van der Waals surface area contributed by atoms with Crippen LogP contribution in [0.3, 0.4) is 0 Å². The highest BCUT2D eigenvalue weighted by Gasteiger charge is 2.33. The zero-order valence-corrected chi connectivity index (χ0v) is 19.0. The second-order valence-corrected chi connectivity index (χ2v) is 8.36. The molecule has 0 saturated carbocycles. The molecule has 1 atom stereocenters. The maximum absolute atomic E-state index is 13.4. The number of nitrogens with zero attached hydrogens (tertiary/aromatic N) is 3. The van der Waals surface area contributed by atoms with Crippen molar-refractivity contribution >= 4 is 10.9 Å². The quantitative estimate of drug-likeness (QED) is 0.522. The molecule has 33 heavy (non-hydrogen) atoms. The standard InChI is InChI=1S/C25H25N3O5/c1-14-5-7-15(8-6-14)20-19-21(26(2)25(31)27(3)24(19)30)22-23(33-12-11-28(20)22)16-9-10-18(32-4)17(29)13-16/h5-10,13,23,29H,11-12H2,1-4H3. The Labute approximate surface area is 189 Å². The van der Waals surface area contributed by atoms with Gasteiger partial charge >= 0.3 is 5.69 Å². The monoisotopic (exact) mass is 447 g/mol. The Morgan fingerprint density at radius 2 is 1.79 bits per heavy atom. The largest absolute Gasteiger partial charge is 0.504 e. The zero-order chi connectivity index (χ0) is 23.4. The average Bonchev–Trinajstić information content (AvgIpc) is 3.17. The Balaban J connectivity index is 1.89. The summed E-state index contributed by atoms with van der Waals surface area (Å²) >= 11 is 0. The van der Waals surface area contributed by atoms with Gasteiger partial charge in [0.25, 0.3) is 5.56 Å². The lowest BCUT2D eigenvalue weighted by molar-refractivity contribution is 0.0477. The molecule has 0 spiro atoms. The van der Waals surface area contributed by atoms with E-state index in [4.69, 9.17) is 9.47 Å².